The fourth-order valence-electron chi connectivity index (χ4n) is 1.96. The Kier molecular flexibility index (Phi) is 3.72. The molecule has 1 heterocycles. The van der Waals surface area contributed by atoms with Gasteiger partial charge in [0.2, 0.25) is 0 Å². The Morgan fingerprint density at radius 2 is 2.33 bits per heavy atom. The van der Waals surface area contributed by atoms with E-state index in [9.17, 15) is 0 Å². The highest BCUT2D eigenvalue weighted by Gasteiger charge is 2.21. The summed E-state index contributed by atoms with van der Waals surface area (Å²) in [4.78, 5) is 6.54. The molecule has 1 fully saturated rings. The molecule has 0 unspecified atom stereocenters. The van der Waals surface area contributed by atoms with E-state index < -0.39 is 0 Å². The summed E-state index contributed by atoms with van der Waals surface area (Å²) in [6.07, 6.45) is 6.47. The molecular weight excluding hydrogens is 226 g/mol. The molecule has 0 atom stereocenters. The lowest BCUT2D eigenvalue weighted by Crippen LogP contribution is -2.14. The number of hydrogen-bond acceptors (Lipinski definition) is 5. The van der Waals surface area contributed by atoms with Gasteiger partial charge in [-0.05, 0) is 37.3 Å². The number of rotatable bonds is 5. The highest BCUT2D eigenvalue weighted by Crippen LogP contribution is 2.30. The van der Waals surface area contributed by atoms with Gasteiger partial charge in [-0.25, -0.2) is 0 Å². The Morgan fingerprint density at radius 3 is 2.94 bits per heavy atom. The Bertz CT molecular complexity index is 451. The standard InChI is InChI=1S/C13H21N5/c1-9(7-18(2)8-10-3-4-10)12-5-13(17-15)11(14)6-16-12/h5-7,10H,3-4,8,14-15H2,1-2H3,(H,16,17)/b9-7+. The number of aromatic nitrogens is 1. The molecule has 0 aromatic carbocycles. The third-order valence-corrected chi connectivity index (χ3v) is 3.15. The molecule has 0 aliphatic heterocycles. The van der Waals surface area contributed by atoms with E-state index in [0.717, 1.165) is 23.7 Å². The van der Waals surface area contributed by atoms with Gasteiger partial charge >= 0.3 is 0 Å². The second kappa shape index (κ2) is 5.27. The maximum atomic E-state index is 5.74. The van der Waals surface area contributed by atoms with E-state index in [2.05, 4.69) is 28.6 Å². The second-order valence-corrected chi connectivity index (χ2v) is 5.00. The first-order chi connectivity index (χ1) is 8.60. The number of nitrogens with zero attached hydrogens (tertiary/aromatic N) is 2. The zero-order valence-electron chi connectivity index (χ0n) is 11.0. The highest BCUT2D eigenvalue weighted by molar-refractivity contribution is 5.71. The molecule has 1 saturated carbocycles. The normalized spacial score (nSPS) is 15.6. The first-order valence-corrected chi connectivity index (χ1v) is 6.21. The maximum Gasteiger partial charge on any atom is 0.0753 e. The molecule has 1 aliphatic rings. The average Bonchev–Trinajstić information content (AvgIpc) is 3.13. The number of anilines is 2. The summed E-state index contributed by atoms with van der Waals surface area (Å²) in [5.41, 5.74) is 11.6. The summed E-state index contributed by atoms with van der Waals surface area (Å²) in [6, 6.07) is 1.87. The summed E-state index contributed by atoms with van der Waals surface area (Å²) in [5.74, 6) is 6.28. The van der Waals surface area contributed by atoms with E-state index in [4.69, 9.17) is 11.6 Å². The quantitative estimate of drug-likeness (QED) is 0.544. The van der Waals surface area contributed by atoms with Crippen molar-refractivity contribution in [2.45, 2.75) is 19.8 Å². The van der Waals surface area contributed by atoms with Crippen LogP contribution in [0.25, 0.3) is 5.57 Å². The van der Waals surface area contributed by atoms with E-state index in [1.807, 2.05) is 13.0 Å². The van der Waals surface area contributed by atoms with Crippen molar-refractivity contribution in [1.29, 1.82) is 0 Å². The summed E-state index contributed by atoms with van der Waals surface area (Å²) in [6.45, 7) is 3.16. The molecule has 0 radical (unpaired) electrons. The van der Waals surface area contributed by atoms with Crippen molar-refractivity contribution in [1.82, 2.24) is 9.88 Å². The molecule has 2 rings (SSSR count). The Morgan fingerprint density at radius 1 is 1.61 bits per heavy atom. The summed E-state index contributed by atoms with van der Waals surface area (Å²) in [5, 5.41) is 0. The summed E-state index contributed by atoms with van der Waals surface area (Å²) >= 11 is 0. The van der Waals surface area contributed by atoms with Crippen LogP contribution in [0.2, 0.25) is 0 Å². The number of allylic oxidation sites excluding steroid dienone is 1. The van der Waals surface area contributed by atoms with Crippen LogP contribution in [-0.2, 0) is 0 Å². The van der Waals surface area contributed by atoms with Crippen molar-refractivity contribution in [3.63, 3.8) is 0 Å². The van der Waals surface area contributed by atoms with Crippen molar-refractivity contribution in [2.75, 3.05) is 24.8 Å². The van der Waals surface area contributed by atoms with Crippen molar-refractivity contribution in [3.05, 3.63) is 24.2 Å². The average molecular weight is 247 g/mol. The van der Waals surface area contributed by atoms with Crippen molar-refractivity contribution in [2.24, 2.45) is 11.8 Å². The summed E-state index contributed by atoms with van der Waals surface area (Å²) in [7, 11) is 2.10. The lowest BCUT2D eigenvalue weighted by molar-refractivity contribution is 0.433. The zero-order valence-corrected chi connectivity index (χ0v) is 11.0. The SMILES string of the molecule is C/C(=C\N(C)CC1CC1)c1cc(NN)c(N)cn1. The predicted molar refractivity (Wildman–Crippen MR) is 75.5 cm³/mol. The van der Waals surface area contributed by atoms with Gasteiger partial charge in [-0.15, -0.1) is 0 Å². The lowest BCUT2D eigenvalue weighted by Gasteiger charge is -2.15. The Balaban J connectivity index is 2.11. The Labute approximate surface area is 108 Å². The minimum absolute atomic E-state index is 0.556. The van der Waals surface area contributed by atoms with E-state index in [1.54, 1.807) is 6.20 Å². The number of hydrazine groups is 1. The van der Waals surface area contributed by atoms with Crippen molar-refractivity contribution in [3.8, 4) is 0 Å². The van der Waals surface area contributed by atoms with Gasteiger partial charge in [0.1, 0.15) is 0 Å². The smallest absolute Gasteiger partial charge is 0.0753 e. The number of pyridine rings is 1. The van der Waals surface area contributed by atoms with Crippen LogP contribution in [0.5, 0.6) is 0 Å². The van der Waals surface area contributed by atoms with Crippen LogP contribution in [0.4, 0.5) is 11.4 Å². The van der Waals surface area contributed by atoms with E-state index >= 15 is 0 Å². The van der Waals surface area contributed by atoms with Gasteiger partial charge in [-0.2, -0.15) is 0 Å². The topological polar surface area (TPSA) is 80.2 Å². The fraction of sp³-hybridized carbons (Fsp3) is 0.462. The molecule has 0 spiro atoms. The third-order valence-electron chi connectivity index (χ3n) is 3.15. The maximum absolute atomic E-state index is 5.74. The summed E-state index contributed by atoms with van der Waals surface area (Å²) < 4.78 is 0. The molecule has 1 aromatic heterocycles. The number of hydrogen-bond donors (Lipinski definition) is 3. The van der Waals surface area contributed by atoms with E-state index in [-0.39, 0.29) is 0 Å². The van der Waals surface area contributed by atoms with E-state index in [0.29, 0.717) is 11.4 Å². The van der Waals surface area contributed by atoms with Crippen LogP contribution < -0.4 is 17.0 Å². The molecule has 1 aromatic rings. The minimum atomic E-state index is 0.556. The van der Waals surface area contributed by atoms with Crippen LogP contribution in [0.3, 0.4) is 0 Å². The molecule has 5 nitrogen and oxygen atoms in total. The van der Waals surface area contributed by atoms with Gasteiger partial charge in [0.25, 0.3) is 0 Å². The zero-order chi connectivity index (χ0) is 13.1. The van der Waals surface area contributed by atoms with Gasteiger partial charge < -0.3 is 16.1 Å². The molecule has 98 valence electrons. The second-order valence-electron chi connectivity index (χ2n) is 5.00. The minimum Gasteiger partial charge on any atom is -0.396 e. The molecule has 1 aliphatic carbocycles. The van der Waals surface area contributed by atoms with Gasteiger partial charge in [-0.1, -0.05) is 0 Å². The van der Waals surface area contributed by atoms with Gasteiger partial charge in [0.15, 0.2) is 0 Å². The van der Waals surface area contributed by atoms with Crippen molar-refractivity contribution < 1.29 is 0 Å². The number of nitrogens with one attached hydrogen (secondary N) is 1. The van der Waals surface area contributed by atoms with Crippen LogP contribution in [0.15, 0.2) is 18.5 Å². The first-order valence-electron chi connectivity index (χ1n) is 6.21. The molecule has 0 saturated heterocycles. The van der Waals surface area contributed by atoms with Gasteiger partial charge in [0.05, 0.1) is 23.3 Å². The molecule has 18 heavy (non-hydrogen) atoms. The van der Waals surface area contributed by atoms with Crippen LogP contribution in [0.1, 0.15) is 25.5 Å². The molecular formula is C13H21N5. The highest BCUT2D eigenvalue weighted by atomic mass is 15.2. The first kappa shape index (κ1) is 12.7. The predicted octanol–water partition coefficient (Wildman–Crippen LogP) is 1.65. The van der Waals surface area contributed by atoms with E-state index in [1.165, 1.54) is 12.8 Å². The number of nitrogens with two attached hydrogens (primary N) is 2. The fourth-order valence-corrected chi connectivity index (χ4v) is 1.96. The molecule has 5 heteroatoms. The van der Waals surface area contributed by atoms with Crippen molar-refractivity contribution >= 4 is 16.9 Å². The van der Waals surface area contributed by atoms with Gasteiger partial charge in [0, 0.05) is 19.8 Å². The monoisotopic (exact) mass is 247 g/mol. The lowest BCUT2D eigenvalue weighted by atomic mass is 10.2. The Hall–Kier alpha value is -1.75. The number of nitrogen functional groups attached to an aromatic ring is 2. The molecule has 5 N–H and O–H groups in total. The molecule has 0 amide bonds. The van der Waals surface area contributed by atoms with Crippen LogP contribution in [0, 0.1) is 5.92 Å². The van der Waals surface area contributed by atoms with Crippen LogP contribution in [-0.4, -0.2) is 23.5 Å². The van der Waals surface area contributed by atoms with Crippen LogP contribution >= 0.6 is 0 Å². The molecule has 0 bridgehead atoms. The van der Waals surface area contributed by atoms with Gasteiger partial charge in [-0.3, -0.25) is 10.8 Å². The largest absolute Gasteiger partial charge is 0.396 e. The third kappa shape index (κ3) is 3.13.